The number of halogens is 3. The number of H-pyrrole nitrogens is 1. The van der Waals surface area contributed by atoms with E-state index in [4.69, 9.17) is 9.47 Å². The maximum absolute atomic E-state index is 12.3. The molecule has 1 aromatic carbocycles. The fourth-order valence-corrected chi connectivity index (χ4v) is 1.51. The first-order valence-electron chi connectivity index (χ1n) is 6.50. The molecule has 124 valence electrons. The average molecular weight is 330 g/mol. The molecule has 0 bridgehead atoms. The smallest absolute Gasteiger partial charge is 0.451 e. The van der Waals surface area contributed by atoms with E-state index in [-0.39, 0.29) is 19.8 Å². The lowest BCUT2D eigenvalue weighted by Gasteiger charge is -2.06. The van der Waals surface area contributed by atoms with Gasteiger partial charge in [0.05, 0.1) is 6.61 Å². The number of aromatic nitrogens is 3. The molecule has 0 unspecified atom stereocenters. The number of amides is 1. The second kappa shape index (κ2) is 7.58. The number of rotatable bonds is 7. The largest absolute Gasteiger partial charge is 0.491 e. The van der Waals surface area contributed by atoms with E-state index in [1.807, 2.05) is 18.2 Å². The molecule has 0 aliphatic rings. The fraction of sp³-hybridized carbons (Fsp3) is 0.308. The molecule has 1 heterocycles. The molecule has 23 heavy (non-hydrogen) atoms. The summed E-state index contributed by atoms with van der Waals surface area (Å²) in [6.07, 6.45) is -4.65. The van der Waals surface area contributed by atoms with Gasteiger partial charge < -0.3 is 9.47 Å². The van der Waals surface area contributed by atoms with Crippen LogP contribution in [0.4, 0.5) is 19.1 Å². The van der Waals surface area contributed by atoms with Crippen LogP contribution < -0.4 is 10.1 Å². The molecule has 7 nitrogen and oxygen atoms in total. The number of aromatic amines is 1. The summed E-state index contributed by atoms with van der Waals surface area (Å²) < 4.78 is 47.2. The number of ether oxygens (including phenoxy) is 2. The van der Waals surface area contributed by atoms with Crippen LogP contribution in [-0.2, 0) is 15.7 Å². The molecular weight excluding hydrogens is 317 g/mol. The van der Waals surface area contributed by atoms with Gasteiger partial charge in [-0.25, -0.2) is 0 Å². The second-order valence-electron chi connectivity index (χ2n) is 4.27. The SMILES string of the molecule is O=C(COCCOc1ccccc1)Nc1n[nH]c(C(F)(F)F)n1. The molecule has 0 fully saturated rings. The van der Waals surface area contributed by atoms with Crippen LogP contribution in [0.2, 0.25) is 0 Å². The topological polar surface area (TPSA) is 89.1 Å². The third-order valence-electron chi connectivity index (χ3n) is 2.48. The number of nitrogens with one attached hydrogen (secondary N) is 2. The van der Waals surface area contributed by atoms with Crippen LogP contribution in [0.15, 0.2) is 30.3 Å². The molecule has 10 heteroatoms. The summed E-state index contributed by atoms with van der Waals surface area (Å²) in [6.45, 7) is 0.0221. The Kier molecular flexibility index (Phi) is 5.52. The van der Waals surface area contributed by atoms with Gasteiger partial charge in [0.25, 0.3) is 5.91 Å². The third-order valence-corrected chi connectivity index (χ3v) is 2.48. The molecule has 0 aliphatic carbocycles. The van der Waals surface area contributed by atoms with Crippen LogP contribution in [0.25, 0.3) is 0 Å². The summed E-state index contributed by atoms with van der Waals surface area (Å²) in [5.41, 5.74) is 0. The van der Waals surface area contributed by atoms with Gasteiger partial charge in [-0.2, -0.15) is 18.2 Å². The van der Waals surface area contributed by atoms with Crippen LogP contribution in [0.1, 0.15) is 5.82 Å². The molecule has 2 rings (SSSR count). The van der Waals surface area contributed by atoms with Gasteiger partial charge in [-0.1, -0.05) is 18.2 Å². The van der Waals surface area contributed by atoms with Gasteiger partial charge >= 0.3 is 6.18 Å². The molecule has 2 N–H and O–H groups in total. The van der Waals surface area contributed by atoms with E-state index >= 15 is 0 Å². The van der Waals surface area contributed by atoms with Crippen molar-refractivity contribution in [1.82, 2.24) is 15.2 Å². The third kappa shape index (κ3) is 5.58. The second-order valence-corrected chi connectivity index (χ2v) is 4.27. The van der Waals surface area contributed by atoms with Crippen molar-refractivity contribution in [2.24, 2.45) is 0 Å². The number of hydrogen-bond donors (Lipinski definition) is 2. The molecule has 0 saturated heterocycles. The van der Waals surface area contributed by atoms with Gasteiger partial charge in [0.2, 0.25) is 11.8 Å². The Morgan fingerprint density at radius 3 is 2.61 bits per heavy atom. The zero-order valence-electron chi connectivity index (χ0n) is 11.8. The predicted molar refractivity (Wildman–Crippen MR) is 72.8 cm³/mol. The summed E-state index contributed by atoms with van der Waals surface area (Å²) in [5.74, 6) is -1.75. The predicted octanol–water partition coefficient (Wildman–Crippen LogP) is 1.86. The van der Waals surface area contributed by atoms with Crippen LogP contribution in [-0.4, -0.2) is 40.9 Å². The summed E-state index contributed by atoms with van der Waals surface area (Å²) >= 11 is 0. The standard InChI is InChI=1S/C13H13F3N4O3/c14-13(15,16)11-18-12(20-19-11)17-10(21)8-22-6-7-23-9-4-2-1-3-5-9/h1-5H,6-8H2,(H2,17,18,19,20,21). The summed E-state index contributed by atoms with van der Waals surface area (Å²) in [4.78, 5) is 14.6. The Labute approximate surface area is 128 Å². The maximum Gasteiger partial charge on any atom is 0.451 e. The number of carbonyl (C=O) groups is 1. The van der Waals surface area contributed by atoms with E-state index in [0.717, 1.165) is 0 Å². The first-order chi connectivity index (χ1) is 10.9. The number of carbonyl (C=O) groups excluding carboxylic acids is 1. The average Bonchev–Trinajstić information content (AvgIpc) is 2.96. The Morgan fingerprint density at radius 2 is 1.96 bits per heavy atom. The molecule has 0 radical (unpaired) electrons. The van der Waals surface area contributed by atoms with E-state index < -0.39 is 23.9 Å². The number of benzene rings is 1. The minimum absolute atomic E-state index is 0.143. The Bertz CT molecular complexity index is 631. The van der Waals surface area contributed by atoms with Gasteiger partial charge in [0.1, 0.15) is 19.0 Å². The van der Waals surface area contributed by atoms with Gasteiger partial charge in [-0.3, -0.25) is 15.2 Å². The highest BCUT2D eigenvalue weighted by Gasteiger charge is 2.35. The van der Waals surface area contributed by atoms with Gasteiger partial charge in [-0.15, -0.1) is 5.10 Å². The van der Waals surface area contributed by atoms with E-state index in [2.05, 4.69) is 15.4 Å². The quantitative estimate of drug-likeness (QED) is 0.757. The number of hydrogen-bond acceptors (Lipinski definition) is 5. The maximum atomic E-state index is 12.3. The van der Waals surface area contributed by atoms with Crippen molar-refractivity contribution in [3.05, 3.63) is 36.2 Å². The molecule has 1 aromatic heterocycles. The van der Waals surface area contributed by atoms with Gasteiger partial charge in [-0.05, 0) is 12.1 Å². The Morgan fingerprint density at radius 1 is 1.22 bits per heavy atom. The van der Waals surface area contributed by atoms with E-state index in [1.165, 1.54) is 0 Å². The molecule has 0 atom stereocenters. The minimum Gasteiger partial charge on any atom is -0.491 e. The lowest BCUT2D eigenvalue weighted by Crippen LogP contribution is -2.21. The summed E-state index contributed by atoms with van der Waals surface area (Å²) in [7, 11) is 0. The van der Waals surface area contributed by atoms with Crippen molar-refractivity contribution in [3.8, 4) is 5.75 Å². The molecule has 0 spiro atoms. The highest BCUT2D eigenvalue weighted by atomic mass is 19.4. The van der Waals surface area contributed by atoms with Crippen LogP contribution >= 0.6 is 0 Å². The number of alkyl halides is 3. The highest BCUT2D eigenvalue weighted by molar-refractivity contribution is 5.89. The van der Waals surface area contributed by atoms with Crippen molar-refractivity contribution in [3.63, 3.8) is 0 Å². The van der Waals surface area contributed by atoms with Crippen LogP contribution in [0.3, 0.4) is 0 Å². The van der Waals surface area contributed by atoms with Gasteiger partial charge in [0.15, 0.2) is 0 Å². The van der Waals surface area contributed by atoms with Crippen LogP contribution in [0.5, 0.6) is 5.75 Å². The highest BCUT2D eigenvalue weighted by Crippen LogP contribution is 2.26. The number of anilines is 1. The first-order valence-corrected chi connectivity index (χ1v) is 6.50. The summed E-state index contributed by atoms with van der Waals surface area (Å²) in [6, 6.07) is 9.02. The molecular formula is C13H13F3N4O3. The minimum atomic E-state index is -4.65. The first kappa shape index (κ1) is 16.7. The zero-order chi connectivity index (χ0) is 16.7. The lowest BCUT2D eigenvalue weighted by atomic mass is 10.3. The molecule has 2 aromatic rings. The van der Waals surface area contributed by atoms with Crippen molar-refractivity contribution in [1.29, 1.82) is 0 Å². The van der Waals surface area contributed by atoms with Crippen molar-refractivity contribution >= 4 is 11.9 Å². The van der Waals surface area contributed by atoms with Crippen molar-refractivity contribution in [2.75, 3.05) is 25.1 Å². The summed E-state index contributed by atoms with van der Waals surface area (Å²) in [5, 5.41) is 7.01. The zero-order valence-corrected chi connectivity index (χ0v) is 11.8. The van der Waals surface area contributed by atoms with Gasteiger partial charge in [0, 0.05) is 0 Å². The van der Waals surface area contributed by atoms with E-state index in [1.54, 1.807) is 17.2 Å². The molecule has 1 amide bonds. The number of nitrogens with zero attached hydrogens (tertiary/aromatic N) is 2. The van der Waals surface area contributed by atoms with E-state index in [0.29, 0.717) is 5.75 Å². The van der Waals surface area contributed by atoms with Crippen molar-refractivity contribution < 1.29 is 27.4 Å². The van der Waals surface area contributed by atoms with Crippen molar-refractivity contribution in [2.45, 2.75) is 6.18 Å². The van der Waals surface area contributed by atoms with E-state index in [9.17, 15) is 18.0 Å². The Hall–Kier alpha value is -2.62. The normalized spacial score (nSPS) is 11.3. The monoisotopic (exact) mass is 330 g/mol. The molecule has 0 saturated carbocycles. The number of para-hydroxylation sites is 1. The fourth-order valence-electron chi connectivity index (χ4n) is 1.51. The lowest BCUT2D eigenvalue weighted by molar-refractivity contribution is -0.144. The molecule has 0 aliphatic heterocycles. The Balaban J connectivity index is 1.64. The van der Waals surface area contributed by atoms with Crippen LogP contribution in [0, 0.1) is 0 Å².